The molecule has 21 heavy (non-hydrogen) atoms. The highest BCUT2D eigenvalue weighted by molar-refractivity contribution is 8.12. The molecule has 1 rings (SSSR count). The predicted octanol–water partition coefficient (Wildman–Crippen LogP) is 4.00. The minimum Gasteiger partial charge on any atom is -0.461 e. The summed E-state index contributed by atoms with van der Waals surface area (Å²) in [4.78, 5) is 11.3. The van der Waals surface area contributed by atoms with Crippen LogP contribution in [0.1, 0.15) is 25.0 Å². The van der Waals surface area contributed by atoms with Crippen molar-refractivity contribution in [1.82, 2.24) is 0 Å². The lowest BCUT2D eigenvalue weighted by molar-refractivity contribution is -0.164. The number of halogens is 2. The van der Waals surface area contributed by atoms with E-state index in [0.29, 0.717) is 23.4 Å². The van der Waals surface area contributed by atoms with Crippen molar-refractivity contribution in [2.24, 2.45) is 0 Å². The van der Waals surface area contributed by atoms with E-state index in [1.807, 2.05) is 6.92 Å². The van der Waals surface area contributed by atoms with Crippen LogP contribution in [-0.2, 0) is 16.0 Å². The van der Waals surface area contributed by atoms with Crippen LogP contribution in [0.3, 0.4) is 0 Å². The van der Waals surface area contributed by atoms with Crippen LogP contribution < -0.4 is 0 Å². The Kier molecular flexibility index (Phi) is 6.38. The maximum Gasteiger partial charge on any atom is 0.381 e. The third kappa shape index (κ3) is 4.87. The number of esters is 1. The highest BCUT2D eigenvalue weighted by atomic mass is 32.2. The monoisotopic (exact) mass is 311 g/mol. The van der Waals surface area contributed by atoms with Crippen LogP contribution in [0.25, 0.3) is 4.91 Å². The molecule has 0 aliphatic rings. The summed E-state index contributed by atoms with van der Waals surface area (Å²) in [6, 6.07) is 6.89. The van der Waals surface area contributed by atoms with Gasteiger partial charge in [0.1, 0.15) is 5.40 Å². The number of benzene rings is 1. The van der Waals surface area contributed by atoms with Crippen LogP contribution in [0.2, 0.25) is 0 Å². The highest BCUT2D eigenvalue weighted by Crippen LogP contribution is 2.32. The first-order chi connectivity index (χ1) is 9.94. The molecule has 0 heterocycles. The van der Waals surface area contributed by atoms with Gasteiger partial charge in [-0.2, -0.15) is 14.0 Å². The average molecular weight is 311 g/mol. The van der Waals surface area contributed by atoms with Crippen LogP contribution in [0, 0.1) is 10.7 Å². The Bertz CT molecular complexity index is 562. The molecule has 0 amide bonds. The lowest BCUT2D eigenvalue weighted by Gasteiger charge is -2.12. The van der Waals surface area contributed by atoms with Gasteiger partial charge in [-0.05, 0) is 36.2 Å². The van der Waals surface area contributed by atoms with Crippen molar-refractivity contribution in [3.8, 4) is 5.40 Å². The van der Waals surface area contributed by atoms with Crippen LogP contribution in [0.5, 0.6) is 0 Å². The van der Waals surface area contributed by atoms with E-state index in [1.54, 1.807) is 29.7 Å². The summed E-state index contributed by atoms with van der Waals surface area (Å²) in [5.74, 6) is -5.38. The standard InChI is InChI=1S/C15H15F2NO2S/c1-3-11-5-7-12(8-6-11)13(21-10-18)9-15(16,17)14(19)20-4-2/h5-9H,3-4H2,1-2H3/b13-9+. The Balaban J connectivity index is 3.12. The maximum atomic E-state index is 13.7. The summed E-state index contributed by atoms with van der Waals surface area (Å²) in [5, 5.41) is 10.5. The SMILES string of the molecule is CCOC(=O)C(F)(F)/C=C(/SC#N)c1ccc(CC)cc1. The van der Waals surface area contributed by atoms with Gasteiger partial charge in [-0.15, -0.1) is 0 Å². The molecule has 0 bridgehead atoms. The van der Waals surface area contributed by atoms with E-state index in [2.05, 4.69) is 4.74 Å². The van der Waals surface area contributed by atoms with Crippen LogP contribution >= 0.6 is 11.8 Å². The summed E-state index contributed by atoms with van der Waals surface area (Å²) in [6.45, 7) is 3.30. The largest absolute Gasteiger partial charge is 0.461 e. The molecule has 0 spiro atoms. The van der Waals surface area contributed by atoms with Crippen molar-refractivity contribution in [3.05, 3.63) is 41.5 Å². The minimum atomic E-state index is -3.77. The molecule has 0 aromatic heterocycles. The number of hydrogen-bond acceptors (Lipinski definition) is 4. The number of thioether (sulfide) groups is 1. The molecule has 3 nitrogen and oxygen atoms in total. The molecule has 0 atom stereocenters. The zero-order valence-electron chi connectivity index (χ0n) is 11.7. The number of rotatable bonds is 6. The van der Waals surface area contributed by atoms with E-state index in [-0.39, 0.29) is 11.5 Å². The summed E-state index contributed by atoms with van der Waals surface area (Å²) in [5.41, 5.74) is 1.51. The lowest BCUT2D eigenvalue weighted by Crippen LogP contribution is -2.28. The Morgan fingerprint density at radius 2 is 2.00 bits per heavy atom. The summed E-state index contributed by atoms with van der Waals surface area (Å²) >= 11 is 0.584. The number of alkyl halides is 2. The smallest absolute Gasteiger partial charge is 0.381 e. The van der Waals surface area contributed by atoms with E-state index >= 15 is 0 Å². The molecule has 0 saturated heterocycles. The normalized spacial score (nSPS) is 11.9. The quantitative estimate of drug-likeness (QED) is 0.588. The molecule has 1 aromatic carbocycles. The molecule has 0 aliphatic heterocycles. The molecule has 0 saturated carbocycles. The van der Waals surface area contributed by atoms with Gasteiger partial charge in [0.25, 0.3) is 0 Å². The molecule has 6 heteroatoms. The van der Waals surface area contributed by atoms with Gasteiger partial charge in [0.15, 0.2) is 0 Å². The third-order valence-corrected chi connectivity index (χ3v) is 3.33. The fourth-order valence-corrected chi connectivity index (χ4v) is 2.14. The van der Waals surface area contributed by atoms with Crippen molar-refractivity contribution < 1.29 is 18.3 Å². The molecule has 112 valence electrons. The van der Waals surface area contributed by atoms with E-state index in [1.165, 1.54) is 6.92 Å². The molecule has 0 radical (unpaired) electrons. The topological polar surface area (TPSA) is 50.1 Å². The minimum absolute atomic E-state index is 0.0261. The highest BCUT2D eigenvalue weighted by Gasteiger charge is 2.38. The average Bonchev–Trinajstić information content (AvgIpc) is 2.47. The van der Waals surface area contributed by atoms with E-state index < -0.39 is 11.9 Å². The Morgan fingerprint density at radius 3 is 2.48 bits per heavy atom. The fraction of sp³-hybridized carbons (Fsp3) is 0.333. The number of carbonyl (C=O) groups is 1. The molecule has 0 fully saturated rings. The van der Waals surface area contributed by atoms with Crippen LogP contribution in [0.4, 0.5) is 8.78 Å². The second-order valence-electron chi connectivity index (χ2n) is 4.10. The van der Waals surface area contributed by atoms with Crippen LogP contribution in [-0.4, -0.2) is 18.5 Å². The number of aryl methyl sites for hydroxylation is 1. The second kappa shape index (κ2) is 7.79. The zero-order chi connectivity index (χ0) is 15.9. The van der Waals surface area contributed by atoms with Gasteiger partial charge in [-0.25, -0.2) is 4.79 Å². The zero-order valence-corrected chi connectivity index (χ0v) is 12.5. The lowest BCUT2D eigenvalue weighted by atomic mass is 10.1. The molecule has 0 aliphatic carbocycles. The third-order valence-electron chi connectivity index (χ3n) is 2.66. The van der Waals surface area contributed by atoms with Crippen molar-refractivity contribution >= 4 is 22.6 Å². The van der Waals surface area contributed by atoms with Crippen molar-refractivity contribution in [2.45, 2.75) is 26.2 Å². The first-order valence-electron chi connectivity index (χ1n) is 6.37. The second-order valence-corrected chi connectivity index (χ2v) is 4.92. The summed E-state index contributed by atoms with van der Waals surface area (Å²) in [7, 11) is 0. The molecular weight excluding hydrogens is 296 g/mol. The van der Waals surface area contributed by atoms with E-state index in [4.69, 9.17) is 5.26 Å². The number of hydrogen-bond donors (Lipinski definition) is 0. The number of carbonyl (C=O) groups excluding carboxylic acids is 1. The molecule has 1 aromatic rings. The first-order valence-corrected chi connectivity index (χ1v) is 7.19. The Labute approximate surface area is 126 Å². The number of thiocyanates is 1. The Morgan fingerprint density at radius 1 is 1.38 bits per heavy atom. The first kappa shape index (κ1) is 17.2. The fourth-order valence-electron chi connectivity index (χ4n) is 1.58. The van der Waals surface area contributed by atoms with Gasteiger partial charge in [-0.3, -0.25) is 0 Å². The number of ether oxygens (including phenoxy) is 1. The molecule has 0 N–H and O–H groups in total. The maximum absolute atomic E-state index is 13.7. The summed E-state index contributed by atoms with van der Waals surface area (Å²) in [6.07, 6.45) is 1.30. The van der Waals surface area contributed by atoms with Gasteiger partial charge < -0.3 is 4.74 Å². The van der Waals surface area contributed by atoms with Gasteiger partial charge >= 0.3 is 11.9 Å². The van der Waals surface area contributed by atoms with Crippen molar-refractivity contribution in [3.63, 3.8) is 0 Å². The van der Waals surface area contributed by atoms with Crippen molar-refractivity contribution in [2.75, 3.05) is 6.61 Å². The van der Waals surface area contributed by atoms with Gasteiger partial charge in [0.05, 0.1) is 6.61 Å². The van der Waals surface area contributed by atoms with Crippen LogP contribution in [0.15, 0.2) is 30.3 Å². The Hall–Kier alpha value is -1.87. The van der Waals surface area contributed by atoms with E-state index in [0.717, 1.165) is 12.0 Å². The number of nitrogens with zero attached hydrogens (tertiary/aromatic N) is 1. The number of nitriles is 1. The molecular formula is C15H15F2NO2S. The van der Waals surface area contributed by atoms with Crippen molar-refractivity contribution in [1.29, 1.82) is 5.26 Å². The molecule has 0 unspecified atom stereocenters. The predicted molar refractivity (Wildman–Crippen MR) is 78.6 cm³/mol. The van der Waals surface area contributed by atoms with E-state index in [9.17, 15) is 13.6 Å². The summed E-state index contributed by atoms with van der Waals surface area (Å²) < 4.78 is 31.8. The van der Waals surface area contributed by atoms with Gasteiger partial charge in [0.2, 0.25) is 0 Å². The van der Waals surface area contributed by atoms with Gasteiger partial charge in [-0.1, -0.05) is 31.2 Å². The van der Waals surface area contributed by atoms with Gasteiger partial charge in [0, 0.05) is 11.0 Å².